The van der Waals surface area contributed by atoms with Gasteiger partial charge in [0.25, 0.3) is 5.92 Å². The van der Waals surface area contributed by atoms with Gasteiger partial charge in [0.2, 0.25) is 5.91 Å². The largest absolute Gasteiger partial charge is 0.444 e. The molecule has 2 rings (SSSR count). The molecule has 2 amide bonds. The standard InChI is InChI=1S/C9H18N2O2.C5H7F2NO/c1-9(2,3)13-8(12)11-7-4-5-10-6-7;6-5(7)2-1-4(9)8-3-5/h7,10H,4-6H2,1-3H3,(H,11,12);1-3H2,(H,8,9). The average Bonchev–Trinajstić information content (AvgIpc) is 2.84. The molecule has 1 unspecified atom stereocenters. The number of halogens is 2. The van der Waals surface area contributed by atoms with E-state index in [-0.39, 0.29) is 30.9 Å². The molecule has 0 bridgehead atoms. The van der Waals surface area contributed by atoms with E-state index in [9.17, 15) is 18.4 Å². The minimum absolute atomic E-state index is 0.0486. The quantitative estimate of drug-likeness (QED) is 0.682. The zero-order valence-electron chi connectivity index (χ0n) is 13.3. The van der Waals surface area contributed by atoms with Gasteiger partial charge in [-0.2, -0.15) is 0 Å². The monoisotopic (exact) mass is 321 g/mol. The number of alkyl carbamates (subject to hydrolysis) is 1. The minimum atomic E-state index is -2.67. The highest BCUT2D eigenvalue weighted by atomic mass is 19.3. The van der Waals surface area contributed by atoms with Gasteiger partial charge in [-0.3, -0.25) is 4.79 Å². The zero-order valence-corrected chi connectivity index (χ0v) is 13.3. The molecule has 2 fully saturated rings. The number of ether oxygens (including phenoxy) is 1. The number of hydrogen-bond donors (Lipinski definition) is 3. The molecule has 2 saturated heterocycles. The van der Waals surface area contributed by atoms with Gasteiger partial charge in [0.05, 0.1) is 6.54 Å². The highest BCUT2D eigenvalue weighted by molar-refractivity contribution is 5.76. The summed E-state index contributed by atoms with van der Waals surface area (Å²) in [4.78, 5) is 21.6. The molecule has 128 valence electrons. The molecule has 2 aliphatic rings. The summed E-state index contributed by atoms with van der Waals surface area (Å²) in [7, 11) is 0. The van der Waals surface area contributed by atoms with Gasteiger partial charge in [-0.25, -0.2) is 13.6 Å². The summed E-state index contributed by atoms with van der Waals surface area (Å²) in [5.74, 6) is -2.95. The molecule has 2 heterocycles. The number of carbonyl (C=O) groups excluding carboxylic acids is 2. The summed E-state index contributed by atoms with van der Waals surface area (Å²) >= 11 is 0. The van der Waals surface area contributed by atoms with E-state index < -0.39 is 18.1 Å². The lowest BCUT2D eigenvalue weighted by atomic mass is 10.1. The van der Waals surface area contributed by atoms with Crippen molar-refractivity contribution in [3.05, 3.63) is 0 Å². The Morgan fingerprint density at radius 2 is 2.09 bits per heavy atom. The van der Waals surface area contributed by atoms with Crippen LogP contribution >= 0.6 is 0 Å². The van der Waals surface area contributed by atoms with Crippen molar-refractivity contribution < 1.29 is 23.1 Å². The first kappa shape index (κ1) is 18.6. The van der Waals surface area contributed by atoms with Crippen molar-refractivity contribution in [2.45, 2.75) is 57.6 Å². The normalized spacial score (nSPS) is 23.9. The molecular formula is C14H25F2N3O3. The molecule has 0 spiro atoms. The van der Waals surface area contributed by atoms with Gasteiger partial charge in [-0.05, 0) is 33.7 Å². The molecule has 0 radical (unpaired) electrons. The molecule has 0 aliphatic carbocycles. The van der Waals surface area contributed by atoms with E-state index in [2.05, 4.69) is 16.0 Å². The first-order chi connectivity index (χ1) is 10.1. The molecule has 8 heteroatoms. The maximum absolute atomic E-state index is 12.2. The number of nitrogens with one attached hydrogen (secondary N) is 3. The second kappa shape index (κ2) is 7.71. The molecule has 0 aromatic rings. The molecule has 0 aromatic carbocycles. The summed E-state index contributed by atoms with van der Waals surface area (Å²) in [6.45, 7) is 6.91. The Morgan fingerprint density at radius 1 is 1.41 bits per heavy atom. The molecular weight excluding hydrogens is 296 g/mol. The Hall–Kier alpha value is -1.44. The van der Waals surface area contributed by atoms with Crippen molar-refractivity contribution in [1.82, 2.24) is 16.0 Å². The van der Waals surface area contributed by atoms with E-state index in [1.54, 1.807) is 0 Å². The first-order valence-electron chi connectivity index (χ1n) is 7.42. The van der Waals surface area contributed by atoms with Gasteiger partial charge in [-0.15, -0.1) is 0 Å². The predicted molar refractivity (Wildman–Crippen MR) is 77.8 cm³/mol. The third kappa shape index (κ3) is 8.11. The van der Waals surface area contributed by atoms with E-state index in [1.807, 2.05) is 20.8 Å². The number of carbonyl (C=O) groups is 2. The SMILES string of the molecule is CC(C)(C)OC(=O)NC1CCNC1.O=C1CCC(F)(F)CN1. The minimum Gasteiger partial charge on any atom is -0.444 e. The van der Waals surface area contributed by atoms with Gasteiger partial charge < -0.3 is 20.7 Å². The van der Waals surface area contributed by atoms with Crippen molar-refractivity contribution >= 4 is 12.0 Å². The third-order valence-electron chi connectivity index (χ3n) is 3.04. The van der Waals surface area contributed by atoms with E-state index in [4.69, 9.17) is 4.74 Å². The maximum atomic E-state index is 12.2. The first-order valence-corrected chi connectivity index (χ1v) is 7.42. The smallest absolute Gasteiger partial charge is 0.407 e. The van der Waals surface area contributed by atoms with Crippen LogP contribution in [-0.2, 0) is 9.53 Å². The summed E-state index contributed by atoms with van der Waals surface area (Å²) in [5, 5.41) is 8.07. The number of alkyl halides is 2. The van der Waals surface area contributed by atoms with Crippen LogP contribution in [0.25, 0.3) is 0 Å². The second-order valence-electron chi connectivity index (χ2n) is 6.47. The molecule has 22 heavy (non-hydrogen) atoms. The van der Waals surface area contributed by atoms with Crippen LogP contribution in [0.1, 0.15) is 40.0 Å². The molecule has 2 aliphatic heterocycles. The number of amides is 2. The van der Waals surface area contributed by atoms with Crippen LogP contribution in [0, 0.1) is 0 Å². The van der Waals surface area contributed by atoms with Crippen molar-refractivity contribution in [2.24, 2.45) is 0 Å². The summed E-state index contributed by atoms with van der Waals surface area (Å²) < 4.78 is 29.4. The van der Waals surface area contributed by atoms with Gasteiger partial charge in [-0.1, -0.05) is 0 Å². The Balaban J connectivity index is 0.000000235. The summed E-state index contributed by atoms with van der Waals surface area (Å²) in [6, 6.07) is 0.231. The highest BCUT2D eigenvalue weighted by Crippen LogP contribution is 2.21. The van der Waals surface area contributed by atoms with E-state index >= 15 is 0 Å². The van der Waals surface area contributed by atoms with Gasteiger partial charge >= 0.3 is 6.09 Å². The van der Waals surface area contributed by atoms with Crippen LogP contribution in [0.4, 0.5) is 13.6 Å². The van der Waals surface area contributed by atoms with Crippen LogP contribution in [-0.4, -0.2) is 49.2 Å². The predicted octanol–water partition coefficient (Wildman–Crippen LogP) is 1.40. The zero-order chi connectivity index (χ0) is 16.8. The Morgan fingerprint density at radius 3 is 2.50 bits per heavy atom. The fourth-order valence-corrected chi connectivity index (χ4v) is 1.95. The maximum Gasteiger partial charge on any atom is 0.407 e. The van der Waals surface area contributed by atoms with Crippen LogP contribution < -0.4 is 16.0 Å². The van der Waals surface area contributed by atoms with Gasteiger partial charge in [0.1, 0.15) is 5.60 Å². The number of hydrogen-bond acceptors (Lipinski definition) is 4. The van der Waals surface area contributed by atoms with E-state index in [1.165, 1.54) is 0 Å². The van der Waals surface area contributed by atoms with E-state index in [0.29, 0.717) is 0 Å². The van der Waals surface area contributed by atoms with Crippen molar-refractivity contribution in [3.8, 4) is 0 Å². The van der Waals surface area contributed by atoms with Crippen molar-refractivity contribution in [1.29, 1.82) is 0 Å². The summed E-state index contributed by atoms with van der Waals surface area (Å²) in [6.07, 6.45) is 0.312. The second-order valence-corrected chi connectivity index (χ2v) is 6.47. The Kier molecular flexibility index (Phi) is 6.52. The van der Waals surface area contributed by atoms with E-state index in [0.717, 1.165) is 19.5 Å². The van der Waals surface area contributed by atoms with Gasteiger partial charge in [0, 0.05) is 25.4 Å². The lowest BCUT2D eigenvalue weighted by Gasteiger charge is -2.21. The molecule has 0 aromatic heterocycles. The Labute approximate surface area is 129 Å². The number of rotatable bonds is 1. The lowest BCUT2D eigenvalue weighted by molar-refractivity contribution is -0.129. The summed E-state index contributed by atoms with van der Waals surface area (Å²) in [5.41, 5.74) is -0.407. The molecule has 1 atom stereocenters. The molecule has 0 saturated carbocycles. The lowest BCUT2D eigenvalue weighted by Crippen LogP contribution is -2.42. The molecule has 6 nitrogen and oxygen atoms in total. The van der Waals surface area contributed by atoms with Crippen molar-refractivity contribution in [2.75, 3.05) is 19.6 Å². The molecule has 3 N–H and O–H groups in total. The van der Waals surface area contributed by atoms with Crippen LogP contribution in [0.3, 0.4) is 0 Å². The number of piperidine rings is 1. The van der Waals surface area contributed by atoms with Crippen molar-refractivity contribution in [3.63, 3.8) is 0 Å². The Bertz CT molecular complexity index is 379. The van der Waals surface area contributed by atoms with Crippen LogP contribution in [0.2, 0.25) is 0 Å². The third-order valence-corrected chi connectivity index (χ3v) is 3.04. The van der Waals surface area contributed by atoms with Crippen LogP contribution in [0.5, 0.6) is 0 Å². The fourth-order valence-electron chi connectivity index (χ4n) is 1.95. The van der Waals surface area contributed by atoms with Gasteiger partial charge in [0.15, 0.2) is 0 Å². The average molecular weight is 321 g/mol. The van der Waals surface area contributed by atoms with Crippen LogP contribution in [0.15, 0.2) is 0 Å². The fraction of sp³-hybridized carbons (Fsp3) is 0.857. The topological polar surface area (TPSA) is 79.5 Å². The highest BCUT2D eigenvalue weighted by Gasteiger charge is 2.33.